The summed E-state index contributed by atoms with van der Waals surface area (Å²) < 4.78 is 0. The number of hydrogen-bond donors (Lipinski definition) is 2. The third kappa shape index (κ3) is 3.06. The number of carbonyl (C=O) groups is 1. The highest BCUT2D eigenvalue weighted by Crippen LogP contribution is 2.36. The first kappa shape index (κ1) is 16.9. The van der Waals surface area contributed by atoms with Crippen molar-refractivity contribution >= 4 is 5.91 Å². The van der Waals surface area contributed by atoms with Gasteiger partial charge in [0.25, 0.3) is 5.91 Å². The van der Waals surface area contributed by atoms with Crippen LogP contribution in [0.15, 0.2) is 84.9 Å². The number of hydrogen-bond acceptors (Lipinski definition) is 2. The lowest BCUT2D eigenvalue weighted by atomic mass is 9.78. The summed E-state index contributed by atoms with van der Waals surface area (Å²) in [7, 11) is 0. The molecule has 0 aromatic heterocycles. The zero-order valence-electron chi connectivity index (χ0n) is 14.1. The summed E-state index contributed by atoms with van der Waals surface area (Å²) in [6.45, 7) is 2.06. The summed E-state index contributed by atoms with van der Waals surface area (Å²) in [6, 6.07) is 26.3. The van der Waals surface area contributed by atoms with Crippen molar-refractivity contribution < 1.29 is 9.90 Å². The SMILES string of the molecule is CC(c1ccccc1)c1ccccc1[C@](O)(C(N)=O)c1ccccc1. The van der Waals surface area contributed by atoms with Gasteiger partial charge in [0.2, 0.25) is 0 Å². The normalized spacial score (nSPS) is 14.5. The van der Waals surface area contributed by atoms with Gasteiger partial charge in [0, 0.05) is 11.5 Å². The van der Waals surface area contributed by atoms with Crippen LogP contribution >= 0.6 is 0 Å². The fraction of sp³-hybridized carbons (Fsp3) is 0.136. The predicted octanol–water partition coefficient (Wildman–Crippen LogP) is 3.56. The van der Waals surface area contributed by atoms with Crippen LogP contribution < -0.4 is 5.73 Å². The average Bonchev–Trinajstić information content (AvgIpc) is 2.68. The van der Waals surface area contributed by atoms with E-state index in [2.05, 4.69) is 6.92 Å². The molecule has 0 radical (unpaired) electrons. The molecule has 0 aliphatic rings. The Bertz CT molecular complexity index is 861. The maximum absolute atomic E-state index is 12.3. The van der Waals surface area contributed by atoms with E-state index >= 15 is 0 Å². The summed E-state index contributed by atoms with van der Waals surface area (Å²) in [6.07, 6.45) is 0. The molecule has 3 rings (SSSR count). The van der Waals surface area contributed by atoms with Gasteiger partial charge in [0.1, 0.15) is 0 Å². The molecule has 0 aliphatic carbocycles. The van der Waals surface area contributed by atoms with Crippen molar-refractivity contribution in [3.63, 3.8) is 0 Å². The third-order valence-corrected chi connectivity index (χ3v) is 4.66. The van der Waals surface area contributed by atoms with Crippen molar-refractivity contribution in [2.75, 3.05) is 0 Å². The molecule has 2 atom stereocenters. The molecular formula is C22H21NO2. The highest BCUT2D eigenvalue weighted by Gasteiger charge is 2.40. The molecule has 126 valence electrons. The smallest absolute Gasteiger partial charge is 0.258 e. The van der Waals surface area contributed by atoms with E-state index in [1.165, 1.54) is 0 Å². The molecule has 0 saturated carbocycles. The molecule has 0 bridgehead atoms. The van der Waals surface area contributed by atoms with Crippen molar-refractivity contribution in [3.05, 3.63) is 107 Å². The molecule has 0 fully saturated rings. The number of benzene rings is 3. The van der Waals surface area contributed by atoms with Gasteiger partial charge in [0.05, 0.1) is 0 Å². The summed E-state index contributed by atoms with van der Waals surface area (Å²) in [4.78, 5) is 12.3. The standard InChI is InChI=1S/C22H21NO2/c1-16(17-10-4-2-5-11-17)19-14-8-9-15-20(19)22(25,21(23)24)18-12-6-3-7-13-18/h2-16,25H,1H3,(H2,23,24)/t16?,22-/m0/s1. The van der Waals surface area contributed by atoms with Crippen LogP contribution in [0.1, 0.15) is 35.1 Å². The van der Waals surface area contributed by atoms with Crippen molar-refractivity contribution in [1.82, 2.24) is 0 Å². The number of primary amides is 1. The van der Waals surface area contributed by atoms with Crippen LogP contribution in [0.5, 0.6) is 0 Å². The molecule has 3 heteroatoms. The minimum Gasteiger partial charge on any atom is -0.372 e. The maximum Gasteiger partial charge on any atom is 0.258 e. The highest BCUT2D eigenvalue weighted by atomic mass is 16.3. The van der Waals surface area contributed by atoms with Crippen molar-refractivity contribution in [2.45, 2.75) is 18.4 Å². The van der Waals surface area contributed by atoms with Crippen LogP contribution in [-0.2, 0) is 10.4 Å². The fourth-order valence-electron chi connectivity index (χ4n) is 3.24. The predicted molar refractivity (Wildman–Crippen MR) is 99.0 cm³/mol. The summed E-state index contributed by atoms with van der Waals surface area (Å²) in [5.74, 6) is -0.779. The van der Waals surface area contributed by atoms with E-state index in [1.54, 1.807) is 30.3 Å². The lowest BCUT2D eigenvalue weighted by molar-refractivity contribution is -0.133. The second kappa shape index (κ2) is 6.91. The Kier molecular flexibility index (Phi) is 4.68. The molecule has 0 aliphatic heterocycles. The van der Waals surface area contributed by atoms with Gasteiger partial charge < -0.3 is 10.8 Å². The number of amides is 1. The van der Waals surface area contributed by atoms with Gasteiger partial charge in [-0.25, -0.2) is 0 Å². The van der Waals surface area contributed by atoms with Crippen molar-refractivity contribution in [3.8, 4) is 0 Å². The highest BCUT2D eigenvalue weighted by molar-refractivity contribution is 5.89. The molecule has 1 unspecified atom stereocenters. The zero-order chi connectivity index (χ0) is 17.9. The number of carbonyl (C=O) groups excluding carboxylic acids is 1. The molecule has 0 spiro atoms. The van der Waals surface area contributed by atoms with Crippen LogP contribution in [0.3, 0.4) is 0 Å². The monoisotopic (exact) mass is 331 g/mol. The molecular weight excluding hydrogens is 310 g/mol. The first-order valence-corrected chi connectivity index (χ1v) is 8.27. The number of aliphatic hydroxyl groups is 1. The molecule has 3 nitrogen and oxygen atoms in total. The Morgan fingerprint density at radius 1 is 0.880 bits per heavy atom. The maximum atomic E-state index is 12.3. The molecule has 0 saturated heterocycles. The van der Waals surface area contributed by atoms with E-state index in [1.807, 2.05) is 54.6 Å². The van der Waals surface area contributed by atoms with E-state index < -0.39 is 11.5 Å². The largest absolute Gasteiger partial charge is 0.372 e. The van der Waals surface area contributed by atoms with E-state index in [4.69, 9.17) is 5.73 Å². The molecule has 25 heavy (non-hydrogen) atoms. The summed E-state index contributed by atoms with van der Waals surface area (Å²) in [5.41, 5.74) is 6.75. The quantitative estimate of drug-likeness (QED) is 0.751. The molecule has 3 aromatic carbocycles. The van der Waals surface area contributed by atoms with Gasteiger partial charge in [-0.3, -0.25) is 4.79 Å². The van der Waals surface area contributed by atoms with Gasteiger partial charge in [0.15, 0.2) is 5.60 Å². The minimum absolute atomic E-state index is 0.00647. The van der Waals surface area contributed by atoms with Crippen molar-refractivity contribution in [2.24, 2.45) is 5.73 Å². The fourth-order valence-corrected chi connectivity index (χ4v) is 3.24. The van der Waals surface area contributed by atoms with E-state index in [0.717, 1.165) is 11.1 Å². The van der Waals surface area contributed by atoms with Crippen LogP contribution in [0.25, 0.3) is 0 Å². The Morgan fingerprint density at radius 2 is 1.40 bits per heavy atom. The van der Waals surface area contributed by atoms with Crippen LogP contribution in [-0.4, -0.2) is 11.0 Å². The van der Waals surface area contributed by atoms with Gasteiger partial charge >= 0.3 is 0 Å². The second-order valence-corrected chi connectivity index (χ2v) is 6.16. The van der Waals surface area contributed by atoms with Crippen LogP contribution in [0.4, 0.5) is 0 Å². The van der Waals surface area contributed by atoms with Crippen LogP contribution in [0, 0.1) is 0 Å². The molecule has 1 amide bonds. The first-order chi connectivity index (χ1) is 12.0. The van der Waals surface area contributed by atoms with E-state index in [9.17, 15) is 9.90 Å². The Balaban J connectivity index is 2.18. The molecule has 3 aromatic rings. The van der Waals surface area contributed by atoms with E-state index in [-0.39, 0.29) is 5.92 Å². The Morgan fingerprint density at radius 3 is 2.00 bits per heavy atom. The summed E-state index contributed by atoms with van der Waals surface area (Å²) >= 11 is 0. The van der Waals surface area contributed by atoms with Gasteiger partial charge in [-0.05, 0) is 16.7 Å². The average molecular weight is 331 g/mol. The van der Waals surface area contributed by atoms with Gasteiger partial charge in [-0.2, -0.15) is 0 Å². The van der Waals surface area contributed by atoms with Crippen molar-refractivity contribution in [1.29, 1.82) is 0 Å². The Labute approximate surface area is 147 Å². The number of rotatable bonds is 5. The lowest BCUT2D eigenvalue weighted by Crippen LogP contribution is -2.43. The Hall–Kier alpha value is -2.91. The minimum atomic E-state index is -1.87. The topological polar surface area (TPSA) is 63.3 Å². The van der Waals surface area contributed by atoms with Crippen LogP contribution in [0.2, 0.25) is 0 Å². The first-order valence-electron chi connectivity index (χ1n) is 8.27. The van der Waals surface area contributed by atoms with E-state index in [0.29, 0.717) is 11.1 Å². The third-order valence-electron chi connectivity index (χ3n) is 4.66. The van der Waals surface area contributed by atoms with Gasteiger partial charge in [-0.15, -0.1) is 0 Å². The summed E-state index contributed by atoms with van der Waals surface area (Å²) in [5, 5.41) is 11.3. The molecule has 3 N–H and O–H groups in total. The zero-order valence-corrected chi connectivity index (χ0v) is 14.1. The number of nitrogens with two attached hydrogens (primary N) is 1. The lowest BCUT2D eigenvalue weighted by Gasteiger charge is -2.30. The second-order valence-electron chi connectivity index (χ2n) is 6.16. The molecule has 0 heterocycles. The van der Waals surface area contributed by atoms with Gasteiger partial charge in [-0.1, -0.05) is 91.9 Å².